The lowest BCUT2D eigenvalue weighted by Gasteiger charge is -2.34. The molecule has 1 aliphatic heterocycles. The van der Waals surface area contributed by atoms with Crippen LogP contribution in [0.5, 0.6) is 0 Å². The summed E-state index contributed by atoms with van der Waals surface area (Å²) in [5, 5.41) is 5.91. The number of hydrogen-bond donors (Lipinski definition) is 2. The molecule has 27 heavy (non-hydrogen) atoms. The third kappa shape index (κ3) is 5.45. The quantitative estimate of drug-likeness (QED) is 0.708. The Morgan fingerprint density at radius 1 is 1.26 bits per heavy atom. The normalized spacial score (nSPS) is 16.7. The molecule has 0 spiro atoms. The van der Waals surface area contributed by atoms with Crippen molar-refractivity contribution in [3.8, 4) is 0 Å². The van der Waals surface area contributed by atoms with Gasteiger partial charge < -0.3 is 20.3 Å². The Morgan fingerprint density at radius 2 is 1.93 bits per heavy atom. The number of ether oxygens (including phenoxy) is 1. The van der Waals surface area contributed by atoms with E-state index in [1.165, 1.54) is 10.5 Å². The zero-order valence-electron chi connectivity index (χ0n) is 16.6. The molecule has 1 aliphatic rings. The van der Waals surface area contributed by atoms with Gasteiger partial charge in [-0.2, -0.15) is 0 Å². The van der Waals surface area contributed by atoms with Crippen LogP contribution in [0.2, 0.25) is 0 Å². The van der Waals surface area contributed by atoms with E-state index in [9.17, 15) is 14.4 Å². The molecule has 2 amide bonds. The van der Waals surface area contributed by atoms with E-state index in [-0.39, 0.29) is 24.8 Å². The highest BCUT2D eigenvalue weighted by molar-refractivity contribution is 5.93. The smallest absolute Gasteiger partial charge is 0.308 e. The monoisotopic (exact) mass is 375 g/mol. The van der Waals surface area contributed by atoms with E-state index in [0.717, 1.165) is 16.8 Å². The second kappa shape index (κ2) is 9.39. The Morgan fingerprint density at radius 3 is 2.56 bits per heavy atom. The van der Waals surface area contributed by atoms with Crippen molar-refractivity contribution in [1.82, 2.24) is 10.2 Å². The van der Waals surface area contributed by atoms with Gasteiger partial charge in [0.1, 0.15) is 6.04 Å². The fourth-order valence-electron chi connectivity index (χ4n) is 3.37. The van der Waals surface area contributed by atoms with Crippen LogP contribution in [0.4, 0.5) is 5.69 Å². The van der Waals surface area contributed by atoms with Crippen LogP contribution in [-0.2, 0) is 19.1 Å². The summed E-state index contributed by atoms with van der Waals surface area (Å²) < 4.78 is 5.07. The molecule has 1 unspecified atom stereocenters. The van der Waals surface area contributed by atoms with Crippen LogP contribution in [0.25, 0.3) is 0 Å². The molecule has 0 aliphatic carbocycles. The molecule has 0 radical (unpaired) electrons. The van der Waals surface area contributed by atoms with Crippen molar-refractivity contribution in [1.29, 1.82) is 0 Å². The summed E-state index contributed by atoms with van der Waals surface area (Å²) in [6.07, 6.45) is 0.588. The lowest BCUT2D eigenvalue weighted by atomic mass is 10.0. The SMILES string of the molecule is CCCOC(=O)CC1C(=O)NCCN1C(=O)CNc1c(C)cc(C)cc1C. The van der Waals surface area contributed by atoms with Gasteiger partial charge >= 0.3 is 5.97 Å². The van der Waals surface area contributed by atoms with Gasteiger partial charge in [0.25, 0.3) is 0 Å². The topological polar surface area (TPSA) is 87.7 Å². The Labute approximate surface area is 160 Å². The summed E-state index contributed by atoms with van der Waals surface area (Å²) in [5.41, 5.74) is 4.22. The minimum absolute atomic E-state index is 0.0680. The van der Waals surface area contributed by atoms with E-state index in [0.29, 0.717) is 26.1 Å². The minimum atomic E-state index is -0.822. The molecule has 1 saturated heterocycles. The highest BCUT2D eigenvalue weighted by atomic mass is 16.5. The van der Waals surface area contributed by atoms with Gasteiger partial charge in [-0.15, -0.1) is 0 Å². The molecule has 1 aromatic carbocycles. The second-order valence-corrected chi connectivity index (χ2v) is 6.95. The largest absolute Gasteiger partial charge is 0.466 e. The number of aryl methyl sites for hydroxylation is 3. The zero-order chi connectivity index (χ0) is 20.0. The number of carbonyl (C=O) groups is 3. The first kappa shape index (κ1) is 20.7. The van der Waals surface area contributed by atoms with Crippen LogP contribution < -0.4 is 10.6 Å². The number of nitrogens with zero attached hydrogens (tertiary/aromatic N) is 1. The van der Waals surface area contributed by atoms with Gasteiger partial charge in [0.2, 0.25) is 11.8 Å². The van der Waals surface area contributed by atoms with Crippen molar-refractivity contribution in [2.75, 3.05) is 31.6 Å². The summed E-state index contributed by atoms with van der Waals surface area (Å²) in [6, 6.07) is 3.29. The molecule has 1 aromatic rings. The van der Waals surface area contributed by atoms with Crippen molar-refractivity contribution in [3.05, 3.63) is 28.8 Å². The van der Waals surface area contributed by atoms with E-state index in [1.807, 2.05) is 27.7 Å². The maximum absolute atomic E-state index is 12.7. The van der Waals surface area contributed by atoms with Gasteiger partial charge in [0, 0.05) is 18.8 Å². The number of carbonyl (C=O) groups excluding carboxylic acids is 3. The van der Waals surface area contributed by atoms with Crippen molar-refractivity contribution in [3.63, 3.8) is 0 Å². The van der Waals surface area contributed by atoms with Gasteiger partial charge in [-0.3, -0.25) is 14.4 Å². The van der Waals surface area contributed by atoms with E-state index >= 15 is 0 Å². The summed E-state index contributed by atoms with van der Waals surface area (Å²) >= 11 is 0. The molecule has 2 rings (SSSR count). The van der Waals surface area contributed by atoms with E-state index in [2.05, 4.69) is 22.8 Å². The average Bonchev–Trinajstić information content (AvgIpc) is 2.60. The van der Waals surface area contributed by atoms with Crippen molar-refractivity contribution >= 4 is 23.5 Å². The molecular formula is C20H29N3O4. The standard InChI is InChI=1S/C20H29N3O4/c1-5-8-27-18(25)11-16-20(26)21-6-7-23(16)17(24)12-22-19-14(3)9-13(2)10-15(19)4/h9-10,16,22H,5-8,11-12H2,1-4H3,(H,21,26). The molecule has 1 fully saturated rings. The summed E-state index contributed by atoms with van der Waals surface area (Å²) in [7, 11) is 0. The highest BCUT2D eigenvalue weighted by Crippen LogP contribution is 2.22. The zero-order valence-corrected chi connectivity index (χ0v) is 16.6. The number of amides is 2. The van der Waals surface area contributed by atoms with Gasteiger partial charge in [-0.05, 0) is 38.3 Å². The fraction of sp³-hybridized carbons (Fsp3) is 0.550. The molecule has 148 valence electrons. The Hall–Kier alpha value is -2.57. The van der Waals surface area contributed by atoms with Gasteiger partial charge in [-0.1, -0.05) is 24.6 Å². The molecule has 0 saturated carbocycles. The third-order valence-electron chi connectivity index (χ3n) is 4.57. The first-order valence-electron chi connectivity index (χ1n) is 9.38. The van der Waals surface area contributed by atoms with Crippen LogP contribution in [-0.4, -0.2) is 55.0 Å². The minimum Gasteiger partial charge on any atom is -0.466 e. The third-order valence-corrected chi connectivity index (χ3v) is 4.57. The molecule has 1 heterocycles. The molecule has 7 heteroatoms. The Balaban J connectivity index is 2.04. The van der Waals surface area contributed by atoms with E-state index < -0.39 is 12.0 Å². The van der Waals surface area contributed by atoms with Crippen LogP contribution >= 0.6 is 0 Å². The van der Waals surface area contributed by atoms with Gasteiger partial charge in [0.15, 0.2) is 0 Å². The average molecular weight is 375 g/mol. The Bertz CT molecular complexity index is 694. The predicted molar refractivity (Wildman–Crippen MR) is 104 cm³/mol. The van der Waals surface area contributed by atoms with Crippen LogP contribution in [0.15, 0.2) is 12.1 Å². The summed E-state index contributed by atoms with van der Waals surface area (Å²) in [4.78, 5) is 38.3. The molecular weight excluding hydrogens is 346 g/mol. The lowest BCUT2D eigenvalue weighted by molar-refractivity contribution is -0.151. The van der Waals surface area contributed by atoms with Crippen molar-refractivity contribution in [2.45, 2.75) is 46.6 Å². The molecule has 0 bridgehead atoms. The first-order valence-corrected chi connectivity index (χ1v) is 9.38. The molecule has 1 atom stereocenters. The molecule has 7 nitrogen and oxygen atoms in total. The highest BCUT2D eigenvalue weighted by Gasteiger charge is 2.34. The Kier molecular flexibility index (Phi) is 7.21. The summed E-state index contributed by atoms with van der Waals surface area (Å²) in [6.45, 7) is 9.06. The molecule has 2 N–H and O–H groups in total. The summed E-state index contributed by atoms with van der Waals surface area (Å²) in [5.74, 6) is -0.988. The van der Waals surface area contributed by atoms with Gasteiger partial charge in [0.05, 0.1) is 19.6 Å². The fourth-order valence-corrected chi connectivity index (χ4v) is 3.37. The van der Waals surface area contributed by atoms with Crippen molar-refractivity contribution < 1.29 is 19.1 Å². The second-order valence-electron chi connectivity index (χ2n) is 6.95. The maximum atomic E-state index is 12.7. The number of benzene rings is 1. The van der Waals surface area contributed by atoms with E-state index in [4.69, 9.17) is 4.74 Å². The van der Waals surface area contributed by atoms with Crippen LogP contribution in [0.1, 0.15) is 36.5 Å². The molecule has 0 aromatic heterocycles. The first-order chi connectivity index (χ1) is 12.8. The number of esters is 1. The number of anilines is 1. The lowest BCUT2D eigenvalue weighted by Crippen LogP contribution is -2.58. The van der Waals surface area contributed by atoms with Crippen LogP contribution in [0, 0.1) is 20.8 Å². The number of hydrogen-bond acceptors (Lipinski definition) is 5. The number of piperazine rings is 1. The van der Waals surface area contributed by atoms with E-state index in [1.54, 1.807) is 0 Å². The number of nitrogens with one attached hydrogen (secondary N) is 2. The van der Waals surface area contributed by atoms with Crippen molar-refractivity contribution in [2.24, 2.45) is 0 Å². The predicted octanol–water partition coefficient (Wildman–Crippen LogP) is 1.69. The maximum Gasteiger partial charge on any atom is 0.308 e. The van der Waals surface area contributed by atoms with Crippen LogP contribution in [0.3, 0.4) is 0 Å². The number of rotatable bonds is 7. The van der Waals surface area contributed by atoms with Gasteiger partial charge in [-0.25, -0.2) is 0 Å².